The second-order valence-corrected chi connectivity index (χ2v) is 4.52. The standard InChI is InChI=1S/C12H12ClF3N2/c1-8(2)18(7-12(14,15)16)10-4-3-9(6-17)11(13)5-10/h3-5,8H,7H2,1-2H3. The van der Waals surface area contributed by atoms with Crippen molar-refractivity contribution in [2.24, 2.45) is 0 Å². The highest BCUT2D eigenvalue weighted by atomic mass is 35.5. The predicted molar refractivity (Wildman–Crippen MR) is 64.7 cm³/mol. The van der Waals surface area contributed by atoms with Gasteiger partial charge in [0.15, 0.2) is 0 Å². The van der Waals surface area contributed by atoms with Crippen molar-refractivity contribution in [3.8, 4) is 6.07 Å². The summed E-state index contributed by atoms with van der Waals surface area (Å²) < 4.78 is 37.4. The van der Waals surface area contributed by atoms with Gasteiger partial charge in [-0.3, -0.25) is 0 Å². The summed E-state index contributed by atoms with van der Waals surface area (Å²) in [5.74, 6) is 0. The Balaban J connectivity index is 3.08. The number of halogens is 4. The maximum absolute atomic E-state index is 12.5. The molecule has 0 aromatic heterocycles. The van der Waals surface area contributed by atoms with Crippen LogP contribution in [0.1, 0.15) is 19.4 Å². The normalized spacial score (nSPS) is 11.4. The number of anilines is 1. The first-order valence-corrected chi connectivity index (χ1v) is 5.65. The van der Waals surface area contributed by atoms with Crippen molar-refractivity contribution in [3.63, 3.8) is 0 Å². The van der Waals surface area contributed by atoms with Gasteiger partial charge in [0.1, 0.15) is 12.6 Å². The van der Waals surface area contributed by atoms with Gasteiger partial charge in [0.05, 0.1) is 10.6 Å². The maximum atomic E-state index is 12.5. The average molecular weight is 277 g/mol. The van der Waals surface area contributed by atoms with E-state index in [1.807, 2.05) is 6.07 Å². The second kappa shape index (κ2) is 5.49. The van der Waals surface area contributed by atoms with Crippen molar-refractivity contribution in [3.05, 3.63) is 28.8 Å². The lowest BCUT2D eigenvalue weighted by Gasteiger charge is -2.30. The largest absolute Gasteiger partial charge is 0.405 e. The molecule has 98 valence electrons. The molecular formula is C12H12ClF3N2. The van der Waals surface area contributed by atoms with Crippen molar-refractivity contribution < 1.29 is 13.2 Å². The van der Waals surface area contributed by atoms with Gasteiger partial charge in [-0.15, -0.1) is 0 Å². The fraction of sp³-hybridized carbons (Fsp3) is 0.417. The summed E-state index contributed by atoms with van der Waals surface area (Å²) in [5, 5.41) is 8.87. The van der Waals surface area contributed by atoms with E-state index in [4.69, 9.17) is 16.9 Å². The molecule has 0 aliphatic heterocycles. The monoisotopic (exact) mass is 276 g/mol. The van der Waals surface area contributed by atoms with Crippen LogP contribution in [0, 0.1) is 11.3 Å². The summed E-state index contributed by atoms with van der Waals surface area (Å²) in [6, 6.07) is 5.81. The van der Waals surface area contributed by atoms with Gasteiger partial charge >= 0.3 is 6.18 Å². The summed E-state index contributed by atoms with van der Waals surface area (Å²) >= 11 is 5.82. The minimum atomic E-state index is -4.29. The number of hydrogen-bond acceptors (Lipinski definition) is 2. The first kappa shape index (κ1) is 14.7. The highest BCUT2D eigenvalue weighted by Gasteiger charge is 2.32. The highest BCUT2D eigenvalue weighted by molar-refractivity contribution is 6.32. The molecule has 0 bridgehead atoms. The Morgan fingerprint density at radius 1 is 1.39 bits per heavy atom. The molecule has 0 saturated heterocycles. The Labute approximate surface area is 109 Å². The van der Waals surface area contributed by atoms with Crippen LogP contribution >= 0.6 is 11.6 Å². The zero-order valence-corrected chi connectivity index (χ0v) is 10.7. The van der Waals surface area contributed by atoms with Crippen LogP contribution in [0.4, 0.5) is 18.9 Å². The van der Waals surface area contributed by atoms with E-state index in [9.17, 15) is 13.2 Å². The van der Waals surface area contributed by atoms with Gasteiger partial charge in [0, 0.05) is 11.7 Å². The smallest absolute Gasteiger partial charge is 0.360 e. The lowest BCUT2D eigenvalue weighted by Crippen LogP contribution is -2.39. The number of hydrogen-bond donors (Lipinski definition) is 0. The zero-order valence-electron chi connectivity index (χ0n) is 9.92. The molecule has 0 atom stereocenters. The van der Waals surface area contributed by atoms with Gasteiger partial charge in [0.2, 0.25) is 0 Å². The first-order chi connectivity index (χ1) is 8.24. The molecular weight excluding hydrogens is 265 g/mol. The third kappa shape index (κ3) is 3.81. The van der Waals surface area contributed by atoms with E-state index in [-0.39, 0.29) is 16.6 Å². The van der Waals surface area contributed by atoms with E-state index < -0.39 is 12.7 Å². The van der Waals surface area contributed by atoms with E-state index in [2.05, 4.69) is 0 Å². The van der Waals surface area contributed by atoms with E-state index in [1.54, 1.807) is 13.8 Å². The summed E-state index contributed by atoms with van der Waals surface area (Å²) in [7, 11) is 0. The lowest BCUT2D eigenvalue weighted by molar-refractivity contribution is -0.120. The zero-order chi connectivity index (χ0) is 13.9. The van der Waals surface area contributed by atoms with Gasteiger partial charge in [-0.2, -0.15) is 18.4 Å². The molecule has 0 aliphatic carbocycles. The number of alkyl halides is 3. The van der Waals surface area contributed by atoms with E-state index in [0.717, 1.165) is 0 Å². The van der Waals surface area contributed by atoms with Gasteiger partial charge < -0.3 is 4.90 Å². The summed E-state index contributed by atoms with van der Waals surface area (Å²) in [6.07, 6.45) is -4.29. The molecule has 0 radical (unpaired) electrons. The summed E-state index contributed by atoms with van der Waals surface area (Å²) in [5.41, 5.74) is 0.599. The Morgan fingerprint density at radius 3 is 2.39 bits per heavy atom. The number of benzene rings is 1. The van der Waals surface area contributed by atoms with E-state index >= 15 is 0 Å². The van der Waals surface area contributed by atoms with Crippen LogP contribution in [0.15, 0.2) is 18.2 Å². The molecule has 0 heterocycles. The van der Waals surface area contributed by atoms with Crippen molar-refractivity contribution in [2.75, 3.05) is 11.4 Å². The molecule has 0 N–H and O–H groups in total. The molecule has 1 aromatic rings. The molecule has 0 fully saturated rings. The molecule has 2 nitrogen and oxygen atoms in total. The van der Waals surface area contributed by atoms with Crippen LogP contribution in [-0.4, -0.2) is 18.8 Å². The van der Waals surface area contributed by atoms with E-state index in [0.29, 0.717) is 5.69 Å². The van der Waals surface area contributed by atoms with Crippen LogP contribution in [0.5, 0.6) is 0 Å². The molecule has 0 amide bonds. The Bertz CT molecular complexity index is 463. The molecule has 1 aromatic carbocycles. The van der Waals surface area contributed by atoms with Crippen molar-refractivity contribution in [2.45, 2.75) is 26.1 Å². The van der Waals surface area contributed by atoms with Crippen LogP contribution in [-0.2, 0) is 0 Å². The highest BCUT2D eigenvalue weighted by Crippen LogP contribution is 2.27. The lowest BCUT2D eigenvalue weighted by atomic mass is 10.2. The first-order valence-electron chi connectivity index (χ1n) is 5.27. The summed E-state index contributed by atoms with van der Waals surface area (Å²) in [4.78, 5) is 1.19. The quantitative estimate of drug-likeness (QED) is 0.835. The van der Waals surface area contributed by atoms with Gasteiger partial charge in [-0.25, -0.2) is 0 Å². The number of nitrogens with zero attached hydrogens (tertiary/aromatic N) is 2. The third-order valence-corrected chi connectivity index (χ3v) is 2.69. The molecule has 0 spiro atoms. The Kier molecular flexibility index (Phi) is 4.47. The number of nitriles is 1. The molecule has 0 saturated carbocycles. The van der Waals surface area contributed by atoms with E-state index in [1.165, 1.54) is 23.1 Å². The fourth-order valence-corrected chi connectivity index (χ4v) is 1.76. The van der Waals surface area contributed by atoms with Crippen LogP contribution in [0.2, 0.25) is 5.02 Å². The third-order valence-electron chi connectivity index (χ3n) is 2.38. The minimum Gasteiger partial charge on any atom is -0.360 e. The summed E-state index contributed by atoms with van der Waals surface area (Å²) in [6.45, 7) is 2.28. The molecule has 6 heteroatoms. The molecule has 0 unspecified atom stereocenters. The molecule has 0 aliphatic rings. The van der Waals surface area contributed by atoms with Crippen molar-refractivity contribution in [1.82, 2.24) is 0 Å². The SMILES string of the molecule is CC(C)N(CC(F)(F)F)c1ccc(C#N)c(Cl)c1. The Hall–Kier alpha value is -1.41. The average Bonchev–Trinajstić information content (AvgIpc) is 2.24. The van der Waals surface area contributed by atoms with Crippen LogP contribution < -0.4 is 4.90 Å². The van der Waals surface area contributed by atoms with Gasteiger partial charge in [-0.05, 0) is 32.0 Å². The van der Waals surface area contributed by atoms with Gasteiger partial charge in [0.25, 0.3) is 0 Å². The topological polar surface area (TPSA) is 27.0 Å². The second-order valence-electron chi connectivity index (χ2n) is 4.11. The van der Waals surface area contributed by atoms with Gasteiger partial charge in [-0.1, -0.05) is 11.6 Å². The minimum absolute atomic E-state index is 0.155. The van der Waals surface area contributed by atoms with Crippen molar-refractivity contribution in [1.29, 1.82) is 5.26 Å². The number of rotatable bonds is 3. The fourth-order valence-electron chi connectivity index (χ4n) is 1.54. The molecule has 18 heavy (non-hydrogen) atoms. The predicted octanol–water partition coefficient (Wildman–Crippen LogP) is 3.99. The maximum Gasteiger partial charge on any atom is 0.405 e. The Morgan fingerprint density at radius 2 is 2.00 bits per heavy atom. The van der Waals surface area contributed by atoms with Crippen LogP contribution in [0.25, 0.3) is 0 Å². The molecule has 1 rings (SSSR count). The van der Waals surface area contributed by atoms with Crippen molar-refractivity contribution >= 4 is 17.3 Å². The van der Waals surface area contributed by atoms with Crippen LogP contribution in [0.3, 0.4) is 0 Å².